The fourth-order valence-corrected chi connectivity index (χ4v) is 3.07. The van der Waals surface area contributed by atoms with Gasteiger partial charge in [-0.25, -0.2) is 0 Å². The van der Waals surface area contributed by atoms with Gasteiger partial charge in [0.15, 0.2) is 5.69 Å². The maximum absolute atomic E-state index is 6.19. The maximum atomic E-state index is 6.19. The van der Waals surface area contributed by atoms with Crippen molar-refractivity contribution in [1.29, 1.82) is 0 Å². The number of ether oxygens (including phenoxy) is 2. The molecule has 0 unspecified atom stereocenters. The van der Waals surface area contributed by atoms with Crippen molar-refractivity contribution < 1.29 is 9.47 Å². The highest BCUT2D eigenvalue weighted by molar-refractivity contribution is 6.32. The lowest BCUT2D eigenvalue weighted by atomic mass is 9.98. The monoisotopic (exact) mass is 347 g/mol. The van der Waals surface area contributed by atoms with Crippen LogP contribution in [-0.2, 0) is 0 Å². The second-order valence-electron chi connectivity index (χ2n) is 6.25. The average molecular weight is 348 g/mol. The summed E-state index contributed by atoms with van der Waals surface area (Å²) in [7, 11) is 0. The third-order valence-corrected chi connectivity index (χ3v) is 4.86. The van der Waals surface area contributed by atoms with E-state index in [9.17, 15) is 0 Å². The van der Waals surface area contributed by atoms with Crippen LogP contribution in [0.25, 0.3) is 0 Å². The van der Waals surface area contributed by atoms with Gasteiger partial charge in [0.25, 0.3) is 0 Å². The third kappa shape index (κ3) is 3.73. The largest absolute Gasteiger partial charge is 0.473 e. The van der Waals surface area contributed by atoms with E-state index in [1.54, 1.807) is 0 Å². The fraction of sp³-hybridized carbons (Fsp3) is 0.444. The van der Waals surface area contributed by atoms with Crippen LogP contribution < -0.4 is 15.2 Å². The minimum atomic E-state index is 0.170. The van der Waals surface area contributed by atoms with E-state index in [1.807, 2.05) is 26.0 Å². The van der Waals surface area contributed by atoms with Crippen molar-refractivity contribution in [2.45, 2.75) is 52.1 Å². The molecule has 24 heavy (non-hydrogen) atoms. The summed E-state index contributed by atoms with van der Waals surface area (Å²) < 4.78 is 11.8. The molecule has 2 N–H and O–H groups in total. The molecular formula is C18H22ClN3O2. The summed E-state index contributed by atoms with van der Waals surface area (Å²) in [4.78, 5) is 8.30. The topological polar surface area (TPSA) is 70.3 Å². The number of hydrogen-bond donors (Lipinski definition) is 1. The molecule has 1 heterocycles. The van der Waals surface area contributed by atoms with Gasteiger partial charge in [0.2, 0.25) is 11.8 Å². The van der Waals surface area contributed by atoms with E-state index >= 15 is 0 Å². The molecule has 1 saturated carbocycles. The number of nitrogens with two attached hydrogens (primary N) is 1. The first kappa shape index (κ1) is 16.8. The predicted molar refractivity (Wildman–Crippen MR) is 94.9 cm³/mol. The van der Waals surface area contributed by atoms with Crippen molar-refractivity contribution >= 4 is 17.3 Å². The molecule has 1 aromatic heterocycles. The minimum absolute atomic E-state index is 0.170. The van der Waals surface area contributed by atoms with Crippen molar-refractivity contribution in [1.82, 2.24) is 9.97 Å². The molecule has 0 aliphatic heterocycles. The molecule has 0 radical (unpaired) electrons. The Morgan fingerprint density at radius 1 is 1.04 bits per heavy atom. The maximum Gasteiger partial charge on any atom is 0.249 e. The first-order chi connectivity index (χ1) is 11.5. The van der Waals surface area contributed by atoms with Gasteiger partial charge in [-0.3, -0.25) is 0 Å². The highest BCUT2D eigenvalue weighted by Crippen LogP contribution is 2.34. The van der Waals surface area contributed by atoms with Crippen molar-refractivity contribution in [2.75, 3.05) is 5.73 Å². The van der Waals surface area contributed by atoms with E-state index in [2.05, 4.69) is 9.97 Å². The summed E-state index contributed by atoms with van der Waals surface area (Å²) >= 11 is 6.19. The number of aromatic nitrogens is 2. The van der Waals surface area contributed by atoms with E-state index in [0.717, 1.165) is 29.0 Å². The number of rotatable bonds is 4. The molecule has 6 heteroatoms. The van der Waals surface area contributed by atoms with Crippen LogP contribution in [0.5, 0.6) is 17.5 Å². The molecule has 0 saturated heterocycles. The highest BCUT2D eigenvalue weighted by atomic mass is 35.5. The van der Waals surface area contributed by atoms with Crippen LogP contribution in [0.1, 0.15) is 43.2 Å². The van der Waals surface area contributed by atoms with Crippen LogP contribution in [0.15, 0.2) is 18.5 Å². The Balaban J connectivity index is 1.80. The summed E-state index contributed by atoms with van der Waals surface area (Å²) in [6.45, 7) is 3.87. The minimum Gasteiger partial charge on any atom is -0.473 e. The third-order valence-electron chi connectivity index (χ3n) is 4.27. The summed E-state index contributed by atoms with van der Waals surface area (Å²) in [5, 5.41) is 0.735. The van der Waals surface area contributed by atoms with Gasteiger partial charge in [-0.05, 0) is 62.8 Å². The van der Waals surface area contributed by atoms with Crippen LogP contribution in [0.4, 0.5) is 5.69 Å². The number of nitrogen functional groups attached to an aromatic ring is 1. The van der Waals surface area contributed by atoms with Gasteiger partial charge in [-0.1, -0.05) is 18.0 Å². The zero-order valence-electron chi connectivity index (χ0n) is 14.0. The smallest absolute Gasteiger partial charge is 0.249 e. The quantitative estimate of drug-likeness (QED) is 0.857. The lowest BCUT2D eigenvalue weighted by Gasteiger charge is -2.23. The first-order valence-corrected chi connectivity index (χ1v) is 8.64. The zero-order valence-corrected chi connectivity index (χ0v) is 14.8. The number of benzene rings is 1. The normalized spacial score (nSPS) is 15.3. The Kier molecular flexibility index (Phi) is 5.09. The van der Waals surface area contributed by atoms with Crippen LogP contribution in [-0.4, -0.2) is 16.1 Å². The van der Waals surface area contributed by atoms with Gasteiger partial charge in [0, 0.05) is 5.02 Å². The molecule has 128 valence electrons. The molecule has 0 atom stereocenters. The molecule has 0 bridgehead atoms. The van der Waals surface area contributed by atoms with Gasteiger partial charge in [0.05, 0.1) is 0 Å². The summed E-state index contributed by atoms with van der Waals surface area (Å²) in [5.74, 6) is 1.34. The van der Waals surface area contributed by atoms with Gasteiger partial charge < -0.3 is 15.2 Å². The molecule has 0 spiro atoms. The van der Waals surface area contributed by atoms with Crippen molar-refractivity contribution in [2.24, 2.45) is 0 Å². The lowest BCUT2D eigenvalue weighted by molar-refractivity contribution is 0.149. The Bertz CT molecular complexity index is 707. The predicted octanol–water partition coefficient (Wildman–Crippen LogP) is 4.83. The van der Waals surface area contributed by atoms with Gasteiger partial charge in [-0.2, -0.15) is 9.97 Å². The Hall–Kier alpha value is -2.01. The number of nitrogens with zero attached hydrogens (tertiary/aromatic N) is 2. The summed E-state index contributed by atoms with van der Waals surface area (Å²) in [5.41, 5.74) is 8.37. The van der Waals surface area contributed by atoms with Gasteiger partial charge in [-0.15, -0.1) is 0 Å². The van der Waals surface area contributed by atoms with Crippen LogP contribution >= 0.6 is 11.6 Å². The molecule has 1 aliphatic carbocycles. The standard InChI is InChI=1S/C18H22ClN3O2/c1-11-8-14(9-12(2)15(11)19)24-18-16(20)17(21-10-22-18)23-13-6-4-3-5-7-13/h8-10,13H,3-7,20H2,1-2H3. The Labute approximate surface area is 147 Å². The summed E-state index contributed by atoms with van der Waals surface area (Å²) in [6, 6.07) is 3.72. The molecule has 1 aliphatic rings. The second kappa shape index (κ2) is 7.26. The van der Waals surface area contributed by atoms with E-state index in [1.165, 1.54) is 25.6 Å². The number of halogens is 1. The number of hydrogen-bond acceptors (Lipinski definition) is 5. The molecule has 3 rings (SSSR count). The van der Waals surface area contributed by atoms with Crippen LogP contribution in [0.2, 0.25) is 5.02 Å². The molecule has 2 aromatic rings. The van der Waals surface area contributed by atoms with Crippen molar-refractivity contribution in [3.63, 3.8) is 0 Å². The van der Waals surface area contributed by atoms with Crippen molar-refractivity contribution in [3.05, 3.63) is 34.6 Å². The van der Waals surface area contributed by atoms with Gasteiger partial charge in [0.1, 0.15) is 18.2 Å². The highest BCUT2D eigenvalue weighted by Gasteiger charge is 2.19. The summed E-state index contributed by atoms with van der Waals surface area (Å²) in [6.07, 6.45) is 7.29. The second-order valence-corrected chi connectivity index (χ2v) is 6.63. The SMILES string of the molecule is Cc1cc(Oc2ncnc(OC3CCCCC3)c2N)cc(C)c1Cl. The zero-order chi connectivity index (χ0) is 17.1. The van der Waals surface area contributed by atoms with Crippen LogP contribution in [0.3, 0.4) is 0 Å². The lowest BCUT2D eigenvalue weighted by Crippen LogP contribution is -2.21. The molecule has 0 amide bonds. The average Bonchev–Trinajstić information content (AvgIpc) is 2.57. The molecular weight excluding hydrogens is 326 g/mol. The van der Waals surface area contributed by atoms with Gasteiger partial charge >= 0.3 is 0 Å². The Morgan fingerprint density at radius 2 is 1.67 bits per heavy atom. The van der Waals surface area contributed by atoms with E-state index in [4.69, 9.17) is 26.8 Å². The molecule has 5 nitrogen and oxygen atoms in total. The number of anilines is 1. The molecule has 1 fully saturated rings. The van der Waals surface area contributed by atoms with E-state index in [0.29, 0.717) is 23.2 Å². The Morgan fingerprint density at radius 3 is 2.33 bits per heavy atom. The van der Waals surface area contributed by atoms with Crippen molar-refractivity contribution in [3.8, 4) is 17.5 Å². The van der Waals surface area contributed by atoms with Crippen LogP contribution in [0, 0.1) is 13.8 Å². The van der Waals surface area contributed by atoms with E-state index in [-0.39, 0.29) is 6.10 Å². The number of aryl methyl sites for hydroxylation is 2. The molecule has 1 aromatic carbocycles. The first-order valence-electron chi connectivity index (χ1n) is 8.26. The fourth-order valence-electron chi connectivity index (χ4n) is 2.96. The van der Waals surface area contributed by atoms with E-state index < -0.39 is 0 Å².